The highest BCUT2D eigenvalue weighted by molar-refractivity contribution is 7.88. The van der Waals surface area contributed by atoms with Crippen LogP contribution in [-0.4, -0.2) is 62.5 Å². The molecule has 32 heavy (non-hydrogen) atoms. The minimum Gasteiger partial charge on any atom is -0.368 e. The van der Waals surface area contributed by atoms with Crippen LogP contribution in [0.3, 0.4) is 0 Å². The van der Waals surface area contributed by atoms with Crippen LogP contribution in [0, 0.1) is 5.82 Å². The van der Waals surface area contributed by atoms with Crippen molar-refractivity contribution in [1.29, 1.82) is 0 Å². The van der Waals surface area contributed by atoms with E-state index in [4.69, 9.17) is 0 Å². The molecule has 6 nitrogen and oxygen atoms in total. The molecule has 0 aromatic heterocycles. The lowest BCUT2D eigenvalue weighted by Gasteiger charge is -2.37. The van der Waals surface area contributed by atoms with Gasteiger partial charge in [0.15, 0.2) is 0 Å². The summed E-state index contributed by atoms with van der Waals surface area (Å²) >= 11 is 0. The minimum atomic E-state index is -4.44. The van der Waals surface area contributed by atoms with Crippen LogP contribution in [-0.2, 0) is 27.5 Å². The van der Waals surface area contributed by atoms with Crippen molar-refractivity contribution in [2.45, 2.75) is 12.7 Å². The Bertz CT molecular complexity index is 1070. The number of rotatable bonds is 6. The second-order valence-corrected chi connectivity index (χ2v) is 9.52. The maximum Gasteiger partial charge on any atom is 0.416 e. The van der Waals surface area contributed by atoms with Crippen molar-refractivity contribution in [3.8, 4) is 0 Å². The Morgan fingerprint density at radius 1 is 1.03 bits per heavy atom. The summed E-state index contributed by atoms with van der Waals surface area (Å²) in [4.78, 5) is 15.9. The highest BCUT2D eigenvalue weighted by atomic mass is 32.2. The van der Waals surface area contributed by atoms with Crippen LogP contribution in [0.4, 0.5) is 23.2 Å². The van der Waals surface area contributed by atoms with Gasteiger partial charge >= 0.3 is 6.18 Å². The first-order valence-corrected chi connectivity index (χ1v) is 11.7. The van der Waals surface area contributed by atoms with Gasteiger partial charge < -0.3 is 9.80 Å². The van der Waals surface area contributed by atoms with Crippen LogP contribution < -0.4 is 4.90 Å². The highest BCUT2D eigenvalue weighted by Crippen LogP contribution is 2.31. The number of amides is 1. The SMILES string of the molecule is CS(=O)(=O)N(CC(=O)N1CCN(c2cccc(C(F)(F)F)c2)CC1)Cc1ccccc1F. The number of sulfonamides is 1. The summed E-state index contributed by atoms with van der Waals surface area (Å²) in [5, 5.41) is 0. The molecule has 0 saturated carbocycles. The van der Waals surface area contributed by atoms with Gasteiger partial charge in [-0.05, 0) is 24.3 Å². The Hall–Kier alpha value is -2.66. The van der Waals surface area contributed by atoms with Gasteiger partial charge in [-0.25, -0.2) is 12.8 Å². The fraction of sp³-hybridized carbons (Fsp3) is 0.381. The zero-order valence-electron chi connectivity index (χ0n) is 17.3. The monoisotopic (exact) mass is 473 g/mol. The van der Waals surface area contributed by atoms with Crippen LogP contribution in [0.1, 0.15) is 11.1 Å². The smallest absolute Gasteiger partial charge is 0.368 e. The number of halogens is 4. The van der Waals surface area contributed by atoms with Crippen LogP contribution in [0.25, 0.3) is 0 Å². The first-order valence-electron chi connectivity index (χ1n) is 9.83. The zero-order chi connectivity index (χ0) is 23.5. The second kappa shape index (κ2) is 9.45. The van der Waals surface area contributed by atoms with E-state index in [9.17, 15) is 30.8 Å². The topological polar surface area (TPSA) is 60.9 Å². The third-order valence-corrected chi connectivity index (χ3v) is 6.45. The number of hydrogen-bond acceptors (Lipinski definition) is 4. The van der Waals surface area contributed by atoms with Crippen molar-refractivity contribution in [3.05, 3.63) is 65.5 Å². The standard InChI is InChI=1S/C21H23F4N3O3S/c1-32(30,31)28(14-16-5-2-3-8-19(16)22)15-20(29)27-11-9-26(10-12-27)18-7-4-6-17(13-18)21(23,24)25/h2-8,13H,9-12,14-15H2,1H3. The molecule has 0 aliphatic carbocycles. The van der Waals surface area contributed by atoms with Crippen molar-refractivity contribution in [2.24, 2.45) is 0 Å². The molecule has 2 aromatic rings. The third kappa shape index (κ3) is 5.98. The van der Waals surface area contributed by atoms with Gasteiger partial charge in [-0.15, -0.1) is 0 Å². The Kier molecular flexibility index (Phi) is 7.09. The molecular formula is C21H23F4N3O3S. The Morgan fingerprint density at radius 2 is 1.69 bits per heavy atom. The predicted octanol–water partition coefficient (Wildman–Crippen LogP) is 2.95. The number of piperazine rings is 1. The lowest BCUT2D eigenvalue weighted by Crippen LogP contribution is -2.51. The molecule has 3 rings (SSSR count). The fourth-order valence-electron chi connectivity index (χ4n) is 3.45. The quantitative estimate of drug-likeness (QED) is 0.606. The van der Waals surface area contributed by atoms with E-state index in [1.807, 2.05) is 0 Å². The maximum atomic E-state index is 13.9. The van der Waals surface area contributed by atoms with Crippen LogP contribution >= 0.6 is 0 Å². The highest BCUT2D eigenvalue weighted by Gasteiger charge is 2.31. The number of anilines is 1. The van der Waals surface area contributed by atoms with Gasteiger partial charge in [0.1, 0.15) is 5.82 Å². The summed E-state index contributed by atoms with van der Waals surface area (Å²) in [5.41, 5.74) is -0.185. The molecule has 1 aliphatic rings. The molecule has 0 N–H and O–H groups in total. The molecule has 0 unspecified atom stereocenters. The molecule has 0 bridgehead atoms. The summed E-state index contributed by atoms with van der Waals surface area (Å²) in [6.07, 6.45) is -3.49. The van der Waals surface area contributed by atoms with Gasteiger partial charge in [-0.2, -0.15) is 17.5 Å². The average Bonchev–Trinajstić information content (AvgIpc) is 2.73. The molecule has 1 amide bonds. The number of benzene rings is 2. The maximum absolute atomic E-state index is 13.9. The van der Waals surface area contributed by atoms with E-state index in [1.165, 1.54) is 29.2 Å². The van der Waals surface area contributed by atoms with Crippen molar-refractivity contribution >= 4 is 21.6 Å². The lowest BCUT2D eigenvalue weighted by molar-refractivity contribution is -0.137. The zero-order valence-corrected chi connectivity index (χ0v) is 18.2. The van der Waals surface area contributed by atoms with Crippen LogP contribution in [0.2, 0.25) is 0 Å². The molecule has 0 spiro atoms. The number of alkyl halides is 3. The van der Waals surface area contributed by atoms with Gasteiger partial charge in [0.05, 0.1) is 18.4 Å². The average molecular weight is 473 g/mol. The Morgan fingerprint density at radius 3 is 2.28 bits per heavy atom. The molecule has 2 aromatic carbocycles. The molecular weight excluding hydrogens is 450 g/mol. The number of carbonyl (C=O) groups is 1. The summed E-state index contributed by atoms with van der Waals surface area (Å²) in [7, 11) is -3.78. The van der Waals surface area contributed by atoms with E-state index in [2.05, 4.69) is 0 Å². The summed E-state index contributed by atoms with van der Waals surface area (Å²) in [5.74, 6) is -1.02. The summed E-state index contributed by atoms with van der Waals surface area (Å²) < 4.78 is 78.0. The third-order valence-electron chi connectivity index (χ3n) is 5.26. The van der Waals surface area contributed by atoms with Gasteiger partial charge in [-0.1, -0.05) is 24.3 Å². The number of nitrogens with zero attached hydrogens (tertiary/aromatic N) is 3. The van der Waals surface area contributed by atoms with Crippen molar-refractivity contribution in [1.82, 2.24) is 9.21 Å². The van der Waals surface area contributed by atoms with Gasteiger partial charge in [0.2, 0.25) is 15.9 Å². The van der Waals surface area contributed by atoms with E-state index >= 15 is 0 Å². The fourth-order valence-corrected chi connectivity index (χ4v) is 4.17. The van der Waals surface area contributed by atoms with Crippen LogP contribution in [0.5, 0.6) is 0 Å². The molecule has 1 saturated heterocycles. The van der Waals surface area contributed by atoms with E-state index in [1.54, 1.807) is 17.0 Å². The van der Waals surface area contributed by atoms with E-state index in [-0.39, 0.29) is 25.2 Å². The normalized spacial score (nSPS) is 15.3. The largest absolute Gasteiger partial charge is 0.416 e. The summed E-state index contributed by atoms with van der Waals surface area (Å²) in [6.45, 7) is 0.343. The molecule has 1 fully saturated rings. The van der Waals surface area contributed by atoms with Gasteiger partial charge in [0.25, 0.3) is 0 Å². The number of hydrogen-bond donors (Lipinski definition) is 0. The lowest BCUT2D eigenvalue weighted by atomic mass is 10.1. The Labute approximate surface area is 184 Å². The Balaban J connectivity index is 1.63. The molecule has 1 heterocycles. The minimum absolute atomic E-state index is 0.153. The molecule has 1 aliphatic heterocycles. The molecule has 11 heteroatoms. The first kappa shape index (κ1) is 24.0. The molecule has 174 valence electrons. The van der Waals surface area contributed by atoms with Crippen molar-refractivity contribution in [3.63, 3.8) is 0 Å². The predicted molar refractivity (Wildman–Crippen MR) is 112 cm³/mol. The van der Waals surface area contributed by atoms with E-state index in [0.717, 1.165) is 22.7 Å². The summed E-state index contributed by atoms with van der Waals surface area (Å²) in [6, 6.07) is 10.7. The first-order chi connectivity index (χ1) is 14.9. The van der Waals surface area contributed by atoms with Crippen molar-refractivity contribution in [2.75, 3.05) is 43.9 Å². The molecule has 0 radical (unpaired) electrons. The van der Waals surface area contributed by atoms with Crippen LogP contribution in [0.15, 0.2) is 48.5 Å². The van der Waals surface area contributed by atoms with Crippen molar-refractivity contribution < 1.29 is 30.8 Å². The molecule has 0 atom stereocenters. The second-order valence-electron chi connectivity index (χ2n) is 7.54. The van der Waals surface area contributed by atoms with E-state index < -0.39 is 40.0 Å². The van der Waals surface area contributed by atoms with Gasteiger partial charge in [-0.3, -0.25) is 4.79 Å². The van der Waals surface area contributed by atoms with E-state index in [0.29, 0.717) is 18.8 Å². The number of carbonyl (C=O) groups excluding carboxylic acids is 1. The van der Waals surface area contributed by atoms with Gasteiger partial charge in [0, 0.05) is 44.0 Å².